The Labute approximate surface area is 97.9 Å². The third-order valence-corrected chi connectivity index (χ3v) is 3.26. The van der Waals surface area contributed by atoms with E-state index in [9.17, 15) is 5.11 Å². The van der Waals surface area contributed by atoms with Crippen LogP contribution in [0.15, 0.2) is 24.3 Å². The van der Waals surface area contributed by atoms with Crippen molar-refractivity contribution >= 4 is 5.69 Å². The van der Waals surface area contributed by atoms with E-state index in [-0.39, 0.29) is 6.10 Å². The molecule has 0 unspecified atom stereocenters. The molecule has 1 aromatic carbocycles. The number of aliphatic hydroxyl groups is 1. The Morgan fingerprint density at radius 3 is 2.38 bits per heavy atom. The molecule has 16 heavy (non-hydrogen) atoms. The van der Waals surface area contributed by atoms with E-state index >= 15 is 0 Å². The Hall–Kier alpha value is -1.02. The first kappa shape index (κ1) is 11.5. The number of hydrogen-bond acceptors (Lipinski definition) is 2. The van der Waals surface area contributed by atoms with E-state index in [0.29, 0.717) is 0 Å². The Balaban J connectivity index is 1.93. The van der Waals surface area contributed by atoms with Crippen LogP contribution in [0, 0.1) is 0 Å². The fraction of sp³-hybridized carbons (Fsp3) is 0.571. The molecule has 2 nitrogen and oxygen atoms in total. The van der Waals surface area contributed by atoms with Crippen LogP contribution in [0.4, 0.5) is 5.69 Å². The molecule has 1 heterocycles. The van der Waals surface area contributed by atoms with Gasteiger partial charge in [-0.15, -0.1) is 0 Å². The number of hydrogen-bond donors (Lipinski definition) is 1. The third kappa shape index (κ3) is 2.99. The van der Waals surface area contributed by atoms with Crippen LogP contribution in [0.2, 0.25) is 0 Å². The molecule has 0 radical (unpaired) electrons. The van der Waals surface area contributed by atoms with Crippen LogP contribution < -0.4 is 4.90 Å². The average molecular weight is 219 g/mol. The molecule has 2 rings (SSSR count). The molecule has 0 bridgehead atoms. The molecule has 1 fully saturated rings. The molecule has 1 aliphatic rings. The smallest absolute Gasteiger partial charge is 0.0515 e. The predicted molar refractivity (Wildman–Crippen MR) is 67.9 cm³/mol. The fourth-order valence-electron chi connectivity index (χ4n) is 2.22. The van der Waals surface area contributed by atoms with E-state index < -0.39 is 0 Å². The molecule has 1 atom stereocenters. The van der Waals surface area contributed by atoms with Gasteiger partial charge in [0.05, 0.1) is 6.10 Å². The third-order valence-electron chi connectivity index (χ3n) is 3.26. The molecular weight excluding hydrogens is 198 g/mol. The van der Waals surface area contributed by atoms with Crippen LogP contribution in [0.5, 0.6) is 0 Å². The monoisotopic (exact) mass is 219 g/mol. The number of aryl methyl sites for hydroxylation is 1. The van der Waals surface area contributed by atoms with Crippen LogP contribution in [-0.4, -0.2) is 24.3 Å². The number of benzene rings is 1. The molecule has 0 saturated carbocycles. The normalized spacial score (nSPS) is 17.8. The van der Waals surface area contributed by atoms with Gasteiger partial charge in [-0.2, -0.15) is 0 Å². The second-order valence-electron chi connectivity index (χ2n) is 4.75. The summed E-state index contributed by atoms with van der Waals surface area (Å²) in [5.74, 6) is 0. The Morgan fingerprint density at radius 1 is 1.19 bits per heavy atom. The van der Waals surface area contributed by atoms with Gasteiger partial charge in [0.1, 0.15) is 0 Å². The van der Waals surface area contributed by atoms with Gasteiger partial charge in [-0.05, 0) is 50.3 Å². The van der Waals surface area contributed by atoms with Crippen LogP contribution in [0.1, 0.15) is 31.7 Å². The standard InChI is InChI=1S/C14H21NO/c1-12(16)4-5-13-6-8-14(9-7-13)15-10-2-3-11-15/h6-9,12,16H,2-5,10-11H2,1H3/t12-/m0/s1. The molecule has 0 aliphatic carbocycles. The molecule has 88 valence electrons. The van der Waals surface area contributed by atoms with Crippen molar-refractivity contribution in [1.82, 2.24) is 0 Å². The molecular formula is C14H21NO. The molecule has 0 amide bonds. The second-order valence-corrected chi connectivity index (χ2v) is 4.75. The number of anilines is 1. The SMILES string of the molecule is C[C@H](O)CCc1ccc(N2CCCC2)cc1. The van der Waals surface area contributed by atoms with E-state index in [1.54, 1.807) is 0 Å². The van der Waals surface area contributed by atoms with Crippen molar-refractivity contribution in [2.24, 2.45) is 0 Å². The maximum Gasteiger partial charge on any atom is 0.0515 e. The van der Waals surface area contributed by atoms with Gasteiger partial charge in [-0.1, -0.05) is 12.1 Å². The lowest BCUT2D eigenvalue weighted by Crippen LogP contribution is -2.17. The van der Waals surface area contributed by atoms with Crippen molar-refractivity contribution in [3.8, 4) is 0 Å². The molecule has 0 aromatic heterocycles. The Kier molecular flexibility index (Phi) is 3.83. The van der Waals surface area contributed by atoms with Gasteiger partial charge in [0, 0.05) is 18.8 Å². The van der Waals surface area contributed by atoms with Gasteiger partial charge in [-0.25, -0.2) is 0 Å². The Morgan fingerprint density at radius 2 is 1.81 bits per heavy atom. The summed E-state index contributed by atoms with van der Waals surface area (Å²) in [5.41, 5.74) is 2.67. The van der Waals surface area contributed by atoms with Gasteiger partial charge >= 0.3 is 0 Å². The summed E-state index contributed by atoms with van der Waals surface area (Å²) in [6.45, 7) is 4.25. The summed E-state index contributed by atoms with van der Waals surface area (Å²) >= 11 is 0. The van der Waals surface area contributed by atoms with Crippen LogP contribution in [0.25, 0.3) is 0 Å². The first-order chi connectivity index (χ1) is 7.75. The van der Waals surface area contributed by atoms with E-state index in [4.69, 9.17) is 0 Å². The summed E-state index contributed by atoms with van der Waals surface area (Å²) in [6.07, 6.45) is 4.27. The highest BCUT2D eigenvalue weighted by molar-refractivity contribution is 5.48. The minimum Gasteiger partial charge on any atom is -0.393 e. The first-order valence-corrected chi connectivity index (χ1v) is 6.27. The Bertz CT molecular complexity index is 312. The van der Waals surface area contributed by atoms with Crippen molar-refractivity contribution in [2.75, 3.05) is 18.0 Å². The maximum absolute atomic E-state index is 9.23. The zero-order valence-electron chi connectivity index (χ0n) is 10.0. The van der Waals surface area contributed by atoms with Crippen molar-refractivity contribution in [3.05, 3.63) is 29.8 Å². The number of aliphatic hydroxyl groups excluding tert-OH is 1. The highest BCUT2D eigenvalue weighted by Gasteiger charge is 2.11. The number of nitrogens with zero attached hydrogens (tertiary/aromatic N) is 1. The summed E-state index contributed by atoms with van der Waals surface area (Å²) < 4.78 is 0. The largest absolute Gasteiger partial charge is 0.393 e. The summed E-state index contributed by atoms with van der Waals surface area (Å²) in [4.78, 5) is 2.44. The first-order valence-electron chi connectivity index (χ1n) is 6.27. The van der Waals surface area contributed by atoms with Crippen molar-refractivity contribution in [1.29, 1.82) is 0 Å². The van der Waals surface area contributed by atoms with Gasteiger partial charge in [0.25, 0.3) is 0 Å². The van der Waals surface area contributed by atoms with Crippen molar-refractivity contribution in [2.45, 2.75) is 38.7 Å². The fourth-order valence-corrected chi connectivity index (χ4v) is 2.22. The second kappa shape index (κ2) is 5.35. The summed E-state index contributed by atoms with van der Waals surface area (Å²) in [7, 11) is 0. The lowest BCUT2D eigenvalue weighted by molar-refractivity contribution is 0.185. The van der Waals surface area contributed by atoms with E-state index in [0.717, 1.165) is 12.8 Å². The zero-order valence-corrected chi connectivity index (χ0v) is 10.0. The van der Waals surface area contributed by atoms with Crippen molar-refractivity contribution in [3.63, 3.8) is 0 Å². The maximum atomic E-state index is 9.23. The minimum atomic E-state index is -0.196. The van der Waals surface area contributed by atoms with Crippen LogP contribution >= 0.6 is 0 Å². The van der Waals surface area contributed by atoms with E-state index in [1.165, 1.54) is 37.2 Å². The molecule has 1 aliphatic heterocycles. The average Bonchev–Trinajstić information content (AvgIpc) is 2.80. The van der Waals surface area contributed by atoms with Gasteiger partial charge in [0.2, 0.25) is 0 Å². The predicted octanol–water partition coefficient (Wildman–Crippen LogP) is 2.60. The highest BCUT2D eigenvalue weighted by atomic mass is 16.3. The van der Waals surface area contributed by atoms with Gasteiger partial charge in [-0.3, -0.25) is 0 Å². The lowest BCUT2D eigenvalue weighted by Gasteiger charge is -2.17. The molecule has 1 aromatic rings. The van der Waals surface area contributed by atoms with Crippen molar-refractivity contribution < 1.29 is 5.11 Å². The molecule has 2 heteroatoms. The zero-order chi connectivity index (χ0) is 11.4. The molecule has 1 saturated heterocycles. The van der Waals surface area contributed by atoms with E-state index in [2.05, 4.69) is 29.2 Å². The summed E-state index contributed by atoms with van der Waals surface area (Å²) in [5, 5.41) is 9.23. The molecule has 1 N–H and O–H groups in total. The van der Waals surface area contributed by atoms with E-state index in [1.807, 2.05) is 6.92 Å². The quantitative estimate of drug-likeness (QED) is 0.841. The van der Waals surface area contributed by atoms with Gasteiger partial charge in [0.15, 0.2) is 0 Å². The van der Waals surface area contributed by atoms with Gasteiger partial charge < -0.3 is 10.0 Å². The van der Waals surface area contributed by atoms with Crippen LogP contribution in [0.3, 0.4) is 0 Å². The van der Waals surface area contributed by atoms with Crippen LogP contribution in [-0.2, 0) is 6.42 Å². The minimum absolute atomic E-state index is 0.196. The number of rotatable bonds is 4. The highest BCUT2D eigenvalue weighted by Crippen LogP contribution is 2.20. The lowest BCUT2D eigenvalue weighted by atomic mass is 10.1. The molecule has 0 spiro atoms. The summed E-state index contributed by atoms with van der Waals surface area (Å²) in [6, 6.07) is 8.80. The topological polar surface area (TPSA) is 23.5 Å².